The van der Waals surface area contributed by atoms with Crippen molar-refractivity contribution in [1.29, 1.82) is 0 Å². The van der Waals surface area contributed by atoms with Crippen LogP contribution in [0.3, 0.4) is 0 Å². The lowest BCUT2D eigenvalue weighted by atomic mass is 9.82. The molecule has 2 N–H and O–H groups in total. The number of aromatic nitrogens is 1. The zero-order valence-corrected chi connectivity index (χ0v) is 15.2. The molecule has 0 bridgehead atoms. The van der Waals surface area contributed by atoms with Crippen LogP contribution in [0.25, 0.3) is 10.2 Å². The van der Waals surface area contributed by atoms with Gasteiger partial charge in [0.2, 0.25) is 0 Å². The molecular weight excluding hydrogens is 336 g/mol. The van der Waals surface area contributed by atoms with Crippen LogP contribution in [0.2, 0.25) is 0 Å². The number of carbonyl (C=O) groups excluding carboxylic acids is 2. The number of nitrogens with zero attached hydrogens (tertiary/aromatic N) is 2. The van der Waals surface area contributed by atoms with Gasteiger partial charge in [0.25, 0.3) is 5.91 Å². The summed E-state index contributed by atoms with van der Waals surface area (Å²) < 4.78 is 1.17. The molecule has 2 heterocycles. The van der Waals surface area contributed by atoms with E-state index in [2.05, 4.69) is 16.4 Å². The predicted molar refractivity (Wildman–Crippen MR) is 96.3 cm³/mol. The van der Waals surface area contributed by atoms with Crippen LogP contribution in [0.1, 0.15) is 37.1 Å². The predicted octanol–water partition coefficient (Wildman–Crippen LogP) is 1.52. The van der Waals surface area contributed by atoms with Gasteiger partial charge in [-0.25, -0.2) is 14.7 Å². The molecule has 1 unspecified atom stereocenters. The Balaban J connectivity index is 1.44. The molecule has 2 aliphatic rings. The summed E-state index contributed by atoms with van der Waals surface area (Å²) in [5, 5.41) is 4.00. The largest absolute Gasteiger partial charge is 0.329 e. The molecule has 1 atom stereocenters. The van der Waals surface area contributed by atoms with Crippen molar-refractivity contribution in [3.8, 4) is 0 Å². The molecule has 0 radical (unpaired) electrons. The molecule has 1 spiro atoms. The van der Waals surface area contributed by atoms with Crippen LogP contribution >= 0.6 is 11.3 Å². The average molecular weight is 359 g/mol. The average Bonchev–Trinajstić information content (AvgIpc) is 3.10. The monoisotopic (exact) mass is 359 g/mol. The van der Waals surface area contributed by atoms with Crippen molar-refractivity contribution in [2.45, 2.75) is 44.2 Å². The number of hydrogen-bond acceptors (Lipinski definition) is 4. The number of thiazole rings is 1. The van der Waals surface area contributed by atoms with Crippen LogP contribution in [0, 0.1) is 0 Å². The van der Waals surface area contributed by atoms with Gasteiger partial charge in [-0.3, -0.25) is 4.79 Å². The number of amides is 3. The highest BCUT2D eigenvalue weighted by atomic mass is 32.1. The second-order valence-corrected chi connectivity index (χ2v) is 8.29. The molecule has 1 aliphatic carbocycles. The number of hydrogen-bond donors (Lipinski definition) is 2. The zero-order valence-electron chi connectivity index (χ0n) is 14.4. The molecule has 3 amide bonds. The van der Waals surface area contributed by atoms with Crippen LogP contribution in [-0.4, -0.2) is 41.1 Å². The Bertz CT molecular complexity index is 779. The Morgan fingerprint density at radius 1 is 1.24 bits per heavy atom. The van der Waals surface area contributed by atoms with Crippen molar-refractivity contribution < 1.29 is 14.5 Å². The Hall–Kier alpha value is -1.99. The smallest absolute Gasteiger partial charge is 0.323 e. The number of rotatable bonds is 4. The van der Waals surface area contributed by atoms with Crippen molar-refractivity contribution in [3.05, 3.63) is 29.3 Å². The fourth-order valence-corrected chi connectivity index (χ4v) is 4.97. The van der Waals surface area contributed by atoms with Gasteiger partial charge < -0.3 is 10.2 Å². The van der Waals surface area contributed by atoms with E-state index in [1.807, 2.05) is 25.2 Å². The standard InChI is InChI=1S/C18H22N4O2S/c1-21(11-15-19-13-7-3-4-8-14(13)25-15)12-22-16(23)18(20-17(22)24)9-5-2-6-10-18/h3-4,7-8H,2,5-6,9-12H2,1H3,(H,20,24)/p+1. The fourth-order valence-electron chi connectivity index (χ4n) is 3.89. The summed E-state index contributed by atoms with van der Waals surface area (Å²) >= 11 is 1.67. The first kappa shape index (κ1) is 16.5. The van der Waals surface area contributed by atoms with Gasteiger partial charge in [0.1, 0.15) is 17.1 Å². The minimum absolute atomic E-state index is 0.0409. The molecule has 2 aromatic rings. The van der Waals surface area contributed by atoms with Gasteiger partial charge >= 0.3 is 6.03 Å². The topological polar surface area (TPSA) is 66.7 Å². The van der Waals surface area contributed by atoms with E-state index in [0.717, 1.165) is 47.5 Å². The molecule has 7 heteroatoms. The molecule has 4 rings (SSSR count). The number of para-hydroxylation sites is 1. The van der Waals surface area contributed by atoms with E-state index in [4.69, 9.17) is 0 Å². The maximum Gasteiger partial charge on any atom is 0.329 e. The number of quaternary nitrogens is 1. The van der Waals surface area contributed by atoms with Crippen molar-refractivity contribution in [2.75, 3.05) is 13.7 Å². The second-order valence-electron chi connectivity index (χ2n) is 7.17. The Morgan fingerprint density at radius 2 is 2.00 bits per heavy atom. The van der Waals surface area contributed by atoms with Gasteiger partial charge in [-0.2, -0.15) is 0 Å². The van der Waals surface area contributed by atoms with Crippen LogP contribution in [0.5, 0.6) is 0 Å². The number of carbonyl (C=O) groups is 2. The Morgan fingerprint density at radius 3 is 2.76 bits per heavy atom. The maximum atomic E-state index is 12.8. The van der Waals surface area contributed by atoms with E-state index in [9.17, 15) is 9.59 Å². The third-order valence-electron chi connectivity index (χ3n) is 5.17. The van der Waals surface area contributed by atoms with E-state index in [-0.39, 0.29) is 11.9 Å². The minimum atomic E-state index is -0.633. The SMILES string of the molecule is C[NH+](Cc1nc2ccccc2s1)CN1C(=O)NC2(CCCCC2)C1=O. The first-order valence-corrected chi connectivity index (χ1v) is 9.69. The van der Waals surface area contributed by atoms with Crippen molar-refractivity contribution in [3.63, 3.8) is 0 Å². The lowest BCUT2D eigenvalue weighted by Gasteiger charge is -2.30. The normalized spacial score (nSPS) is 21.1. The van der Waals surface area contributed by atoms with Crippen LogP contribution in [-0.2, 0) is 11.3 Å². The van der Waals surface area contributed by atoms with Crippen molar-refractivity contribution in [2.24, 2.45) is 0 Å². The summed E-state index contributed by atoms with van der Waals surface area (Å²) in [6.45, 7) is 1.08. The van der Waals surface area contributed by atoms with E-state index in [1.165, 1.54) is 9.60 Å². The molecule has 2 fully saturated rings. The molecule has 1 saturated heterocycles. The molecular formula is C18H23N4O2S+. The fraction of sp³-hybridized carbons (Fsp3) is 0.500. The Kier molecular flexibility index (Phi) is 4.21. The lowest BCUT2D eigenvalue weighted by Crippen LogP contribution is -3.09. The van der Waals surface area contributed by atoms with E-state index in [1.54, 1.807) is 11.3 Å². The lowest BCUT2D eigenvalue weighted by molar-refractivity contribution is -0.901. The number of benzene rings is 1. The summed E-state index contributed by atoms with van der Waals surface area (Å²) in [7, 11) is 2.00. The van der Waals surface area contributed by atoms with E-state index in [0.29, 0.717) is 13.2 Å². The van der Waals surface area contributed by atoms with Crippen molar-refractivity contribution >= 4 is 33.5 Å². The van der Waals surface area contributed by atoms with Gasteiger partial charge in [0.05, 0.1) is 17.3 Å². The molecule has 132 valence electrons. The first-order chi connectivity index (χ1) is 12.1. The van der Waals surface area contributed by atoms with Crippen molar-refractivity contribution in [1.82, 2.24) is 15.2 Å². The highest BCUT2D eigenvalue weighted by Gasteiger charge is 2.52. The van der Waals surface area contributed by atoms with Gasteiger partial charge in [-0.05, 0) is 25.0 Å². The number of imide groups is 1. The highest BCUT2D eigenvalue weighted by Crippen LogP contribution is 2.33. The minimum Gasteiger partial charge on any atom is -0.323 e. The highest BCUT2D eigenvalue weighted by molar-refractivity contribution is 7.18. The molecule has 1 saturated carbocycles. The van der Waals surface area contributed by atoms with Gasteiger partial charge in [0, 0.05) is 0 Å². The van der Waals surface area contributed by atoms with Crippen LogP contribution in [0.4, 0.5) is 4.79 Å². The van der Waals surface area contributed by atoms with Crippen LogP contribution < -0.4 is 10.2 Å². The number of nitrogens with one attached hydrogen (secondary N) is 2. The summed E-state index contributed by atoms with van der Waals surface area (Å²) in [6.07, 6.45) is 4.70. The third-order valence-corrected chi connectivity index (χ3v) is 6.21. The Labute approximate surface area is 150 Å². The molecule has 1 aliphatic heterocycles. The first-order valence-electron chi connectivity index (χ1n) is 8.87. The van der Waals surface area contributed by atoms with Crippen LogP contribution in [0.15, 0.2) is 24.3 Å². The second kappa shape index (κ2) is 6.38. The van der Waals surface area contributed by atoms with Gasteiger partial charge in [-0.1, -0.05) is 31.4 Å². The third kappa shape index (κ3) is 3.02. The molecule has 25 heavy (non-hydrogen) atoms. The quantitative estimate of drug-likeness (QED) is 0.814. The molecule has 1 aromatic carbocycles. The summed E-state index contributed by atoms with van der Waals surface area (Å²) in [4.78, 5) is 32.3. The number of urea groups is 1. The zero-order chi connectivity index (χ0) is 17.4. The maximum absolute atomic E-state index is 12.8. The summed E-state index contributed by atoms with van der Waals surface area (Å²) in [5.74, 6) is -0.0409. The molecule has 1 aromatic heterocycles. The molecule has 6 nitrogen and oxygen atoms in total. The summed E-state index contributed by atoms with van der Waals surface area (Å²) in [6, 6.07) is 7.83. The van der Waals surface area contributed by atoms with E-state index >= 15 is 0 Å². The summed E-state index contributed by atoms with van der Waals surface area (Å²) in [5.41, 5.74) is 0.373. The van der Waals surface area contributed by atoms with E-state index < -0.39 is 5.54 Å². The number of fused-ring (bicyclic) bond motifs is 1. The van der Waals surface area contributed by atoms with Gasteiger partial charge in [-0.15, -0.1) is 11.3 Å². The van der Waals surface area contributed by atoms with Gasteiger partial charge in [0.15, 0.2) is 6.67 Å².